The average Bonchev–Trinajstić information content (AvgIpc) is 2.56. The van der Waals surface area contributed by atoms with Crippen LogP contribution in [0.2, 0.25) is 0 Å². The van der Waals surface area contributed by atoms with Gasteiger partial charge < -0.3 is 15.0 Å². The predicted octanol–water partition coefficient (Wildman–Crippen LogP) is 3.23. The van der Waals surface area contributed by atoms with Gasteiger partial charge in [-0.25, -0.2) is 0 Å². The molecule has 110 valence electrons. The van der Waals surface area contributed by atoms with E-state index in [1.165, 1.54) is 11.3 Å². The van der Waals surface area contributed by atoms with E-state index in [0.29, 0.717) is 12.1 Å². The van der Waals surface area contributed by atoms with Crippen LogP contribution in [-0.4, -0.2) is 26.2 Å². The van der Waals surface area contributed by atoms with Crippen LogP contribution in [0, 0.1) is 0 Å². The normalized spacial score (nSPS) is 22.1. The van der Waals surface area contributed by atoms with Crippen molar-refractivity contribution in [3.8, 4) is 5.75 Å². The SMILES string of the molecule is COc1ccccc1N1CC(c2ccccc2)NCC1C. The van der Waals surface area contributed by atoms with Gasteiger partial charge in [-0.05, 0) is 24.6 Å². The van der Waals surface area contributed by atoms with Crippen LogP contribution in [0.25, 0.3) is 0 Å². The highest BCUT2D eigenvalue weighted by Crippen LogP contribution is 2.32. The van der Waals surface area contributed by atoms with Gasteiger partial charge >= 0.3 is 0 Å². The van der Waals surface area contributed by atoms with Crippen LogP contribution in [0.4, 0.5) is 5.69 Å². The largest absolute Gasteiger partial charge is 0.495 e. The minimum absolute atomic E-state index is 0.354. The molecule has 0 bridgehead atoms. The molecule has 0 amide bonds. The van der Waals surface area contributed by atoms with Gasteiger partial charge in [0, 0.05) is 25.2 Å². The van der Waals surface area contributed by atoms with E-state index in [1.54, 1.807) is 7.11 Å². The highest BCUT2D eigenvalue weighted by Gasteiger charge is 2.27. The first kappa shape index (κ1) is 14.0. The number of nitrogens with zero attached hydrogens (tertiary/aromatic N) is 1. The number of piperazine rings is 1. The van der Waals surface area contributed by atoms with E-state index in [1.807, 2.05) is 12.1 Å². The lowest BCUT2D eigenvalue weighted by Crippen LogP contribution is -2.51. The standard InChI is InChI=1S/C18H22N2O/c1-14-12-19-16(15-8-4-3-5-9-15)13-20(14)17-10-6-7-11-18(17)21-2/h3-11,14,16,19H,12-13H2,1-2H3. The monoisotopic (exact) mass is 282 g/mol. The third-order valence-corrected chi connectivity index (χ3v) is 4.17. The number of hydrogen-bond donors (Lipinski definition) is 1. The molecule has 0 radical (unpaired) electrons. The van der Waals surface area contributed by atoms with Gasteiger partial charge in [-0.15, -0.1) is 0 Å². The van der Waals surface area contributed by atoms with Crippen molar-refractivity contribution in [3.63, 3.8) is 0 Å². The lowest BCUT2D eigenvalue weighted by Gasteiger charge is -2.41. The van der Waals surface area contributed by atoms with Crippen LogP contribution in [0.15, 0.2) is 54.6 Å². The Kier molecular flexibility index (Phi) is 4.11. The Bertz CT molecular complexity index is 585. The van der Waals surface area contributed by atoms with Gasteiger partial charge in [-0.3, -0.25) is 0 Å². The smallest absolute Gasteiger partial charge is 0.142 e. The van der Waals surface area contributed by atoms with Crippen LogP contribution in [0.3, 0.4) is 0 Å². The van der Waals surface area contributed by atoms with Crippen molar-refractivity contribution >= 4 is 5.69 Å². The van der Waals surface area contributed by atoms with E-state index < -0.39 is 0 Å². The zero-order chi connectivity index (χ0) is 14.7. The van der Waals surface area contributed by atoms with E-state index in [9.17, 15) is 0 Å². The maximum atomic E-state index is 5.53. The fourth-order valence-electron chi connectivity index (χ4n) is 2.98. The highest BCUT2D eigenvalue weighted by atomic mass is 16.5. The molecule has 2 aromatic carbocycles. The van der Waals surface area contributed by atoms with Crippen LogP contribution in [0.5, 0.6) is 5.75 Å². The summed E-state index contributed by atoms with van der Waals surface area (Å²) >= 11 is 0. The minimum Gasteiger partial charge on any atom is -0.495 e. The van der Waals surface area contributed by atoms with E-state index in [0.717, 1.165) is 18.8 Å². The number of benzene rings is 2. The molecule has 3 nitrogen and oxygen atoms in total. The Hall–Kier alpha value is -2.00. The summed E-state index contributed by atoms with van der Waals surface area (Å²) in [6.45, 7) is 4.17. The lowest BCUT2D eigenvalue weighted by molar-refractivity contribution is 0.392. The molecule has 1 saturated heterocycles. The van der Waals surface area contributed by atoms with Crippen molar-refractivity contribution in [3.05, 3.63) is 60.2 Å². The fraction of sp³-hybridized carbons (Fsp3) is 0.333. The van der Waals surface area contributed by atoms with E-state index in [2.05, 4.69) is 59.6 Å². The van der Waals surface area contributed by atoms with Gasteiger partial charge in [0.2, 0.25) is 0 Å². The summed E-state index contributed by atoms with van der Waals surface area (Å²) in [6, 6.07) is 19.7. The summed E-state index contributed by atoms with van der Waals surface area (Å²) in [7, 11) is 1.74. The van der Waals surface area contributed by atoms with Crippen molar-refractivity contribution in [1.82, 2.24) is 5.32 Å². The molecule has 1 aliphatic rings. The number of ether oxygens (including phenoxy) is 1. The fourth-order valence-corrected chi connectivity index (χ4v) is 2.98. The molecule has 1 heterocycles. The second-order valence-corrected chi connectivity index (χ2v) is 5.54. The first-order valence-corrected chi connectivity index (χ1v) is 7.47. The predicted molar refractivity (Wildman–Crippen MR) is 87.0 cm³/mol. The van der Waals surface area contributed by atoms with Crippen LogP contribution >= 0.6 is 0 Å². The molecule has 2 atom stereocenters. The topological polar surface area (TPSA) is 24.5 Å². The third-order valence-electron chi connectivity index (χ3n) is 4.17. The zero-order valence-corrected chi connectivity index (χ0v) is 12.6. The summed E-state index contributed by atoms with van der Waals surface area (Å²) in [6.07, 6.45) is 0. The molecule has 3 heteroatoms. The molecule has 0 aliphatic carbocycles. The van der Waals surface area contributed by atoms with Gasteiger partial charge in [0.05, 0.1) is 12.8 Å². The molecule has 2 aromatic rings. The Morgan fingerprint density at radius 3 is 2.52 bits per heavy atom. The van der Waals surface area contributed by atoms with Crippen molar-refractivity contribution in [2.24, 2.45) is 0 Å². The van der Waals surface area contributed by atoms with Gasteiger partial charge in [-0.2, -0.15) is 0 Å². The summed E-state index contributed by atoms with van der Waals surface area (Å²) in [4.78, 5) is 2.44. The number of anilines is 1. The van der Waals surface area contributed by atoms with Crippen molar-refractivity contribution in [2.45, 2.75) is 19.0 Å². The molecule has 1 N–H and O–H groups in total. The maximum absolute atomic E-state index is 5.53. The Balaban J connectivity index is 1.87. The van der Waals surface area contributed by atoms with E-state index >= 15 is 0 Å². The van der Waals surface area contributed by atoms with Crippen molar-refractivity contribution in [1.29, 1.82) is 0 Å². The molecule has 0 saturated carbocycles. The molecule has 0 spiro atoms. The van der Waals surface area contributed by atoms with Gasteiger partial charge in [0.25, 0.3) is 0 Å². The first-order valence-electron chi connectivity index (χ1n) is 7.47. The number of rotatable bonds is 3. The molecule has 21 heavy (non-hydrogen) atoms. The van der Waals surface area contributed by atoms with Crippen molar-refractivity contribution < 1.29 is 4.74 Å². The third kappa shape index (κ3) is 2.88. The zero-order valence-electron chi connectivity index (χ0n) is 12.6. The van der Waals surface area contributed by atoms with Crippen LogP contribution in [-0.2, 0) is 0 Å². The molecule has 1 fully saturated rings. The maximum Gasteiger partial charge on any atom is 0.142 e. The molecular formula is C18H22N2O. The lowest BCUT2D eigenvalue weighted by atomic mass is 10.0. The van der Waals surface area contributed by atoms with Crippen LogP contribution in [0.1, 0.15) is 18.5 Å². The highest BCUT2D eigenvalue weighted by molar-refractivity contribution is 5.59. The quantitative estimate of drug-likeness (QED) is 0.935. The first-order chi connectivity index (χ1) is 10.3. The summed E-state index contributed by atoms with van der Waals surface area (Å²) in [5, 5.41) is 3.64. The van der Waals surface area contributed by atoms with Crippen molar-refractivity contribution in [2.75, 3.05) is 25.1 Å². The van der Waals surface area contributed by atoms with E-state index in [-0.39, 0.29) is 0 Å². The molecule has 0 aromatic heterocycles. The summed E-state index contributed by atoms with van der Waals surface area (Å²) in [5.74, 6) is 0.943. The van der Waals surface area contributed by atoms with Crippen LogP contribution < -0.4 is 15.0 Å². The van der Waals surface area contributed by atoms with Gasteiger partial charge in [0.15, 0.2) is 0 Å². The van der Waals surface area contributed by atoms with Gasteiger partial charge in [0.1, 0.15) is 5.75 Å². The number of hydrogen-bond acceptors (Lipinski definition) is 3. The Morgan fingerprint density at radius 2 is 1.76 bits per heavy atom. The number of nitrogens with one attached hydrogen (secondary N) is 1. The summed E-state index contributed by atoms with van der Waals surface area (Å²) < 4.78 is 5.53. The average molecular weight is 282 g/mol. The molecular weight excluding hydrogens is 260 g/mol. The number of para-hydroxylation sites is 2. The molecule has 2 unspecified atom stereocenters. The molecule has 3 rings (SSSR count). The molecule has 1 aliphatic heterocycles. The second-order valence-electron chi connectivity index (χ2n) is 5.54. The van der Waals surface area contributed by atoms with Gasteiger partial charge in [-0.1, -0.05) is 42.5 Å². The number of methoxy groups -OCH3 is 1. The van der Waals surface area contributed by atoms with E-state index in [4.69, 9.17) is 4.74 Å². The minimum atomic E-state index is 0.354. The Morgan fingerprint density at radius 1 is 1.05 bits per heavy atom. The Labute approximate surface area is 126 Å². The summed E-state index contributed by atoms with van der Waals surface area (Å²) in [5.41, 5.74) is 2.51. The second kappa shape index (κ2) is 6.19.